The van der Waals surface area contributed by atoms with Gasteiger partial charge in [-0.1, -0.05) is 0 Å². The molecule has 0 aliphatic carbocycles. The summed E-state index contributed by atoms with van der Waals surface area (Å²) in [6.45, 7) is 5.11. The number of thiazole rings is 1. The SMILES string of the molecule is Cc1cc(OCC2CCCO2)cc(C(=O)Cc2nc(C)cs2)n1. The molecule has 1 fully saturated rings. The van der Waals surface area contributed by atoms with E-state index in [9.17, 15) is 4.79 Å². The highest BCUT2D eigenvalue weighted by Crippen LogP contribution is 2.19. The smallest absolute Gasteiger partial charge is 0.188 e. The zero-order chi connectivity index (χ0) is 16.2. The molecule has 23 heavy (non-hydrogen) atoms. The maximum absolute atomic E-state index is 12.4. The molecule has 1 aliphatic heterocycles. The van der Waals surface area contributed by atoms with Crippen LogP contribution in [0.2, 0.25) is 0 Å². The van der Waals surface area contributed by atoms with Crippen LogP contribution >= 0.6 is 11.3 Å². The van der Waals surface area contributed by atoms with Crippen molar-refractivity contribution < 1.29 is 14.3 Å². The number of aromatic nitrogens is 2. The van der Waals surface area contributed by atoms with E-state index in [1.54, 1.807) is 6.07 Å². The molecule has 0 aromatic carbocycles. The third-order valence-corrected chi connectivity index (χ3v) is 4.62. The molecule has 0 radical (unpaired) electrons. The lowest BCUT2D eigenvalue weighted by molar-refractivity contribution is 0.0678. The standard InChI is InChI=1S/C17H20N2O3S/c1-11-6-14(22-9-13-4-3-5-21-13)7-15(18-11)16(20)8-17-19-12(2)10-23-17/h6-7,10,13H,3-5,8-9H2,1-2H3. The van der Waals surface area contributed by atoms with Crippen molar-refractivity contribution in [3.63, 3.8) is 0 Å². The molecule has 1 atom stereocenters. The quantitative estimate of drug-likeness (QED) is 0.761. The first-order valence-electron chi connectivity index (χ1n) is 7.77. The normalized spacial score (nSPS) is 17.4. The Bertz CT molecular complexity index is 693. The highest BCUT2D eigenvalue weighted by molar-refractivity contribution is 7.09. The van der Waals surface area contributed by atoms with Gasteiger partial charge in [-0.25, -0.2) is 9.97 Å². The summed E-state index contributed by atoms with van der Waals surface area (Å²) in [5.74, 6) is 0.636. The van der Waals surface area contributed by atoms with Gasteiger partial charge in [-0.15, -0.1) is 11.3 Å². The number of pyridine rings is 1. The van der Waals surface area contributed by atoms with Gasteiger partial charge in [0.05, 0.1) is 12.5 Å². The second-order valence-corrected chi connectivity index (χ2v) is 6.70. The predicted octanol–water partition coefficient (Wildman–Crippen LogP) is 3.14. The molecule has 1 aliphatic rings. The van der Waals surface area contributed by atoms with E-state index in [0.29, 0.717) is 18.1 Å². The van der Waals surface area contributed by atoms with E-state index in [-0.39, 0.29) is 18.3 Å². The van der Waals surface area contributed by atoms with E-state index in [1.165, 1.54) is 11.3 Å². The summed E-state index contributed by atoms with van der Waals surface area (Å²) in [6.07, 6.45) is 2.54. The van der Waals surface area contributed by atoms with Crippen molar-refractivity contribution in [2.75, 3.05) is 13.2 Å². The molecule has 2 aromatic rings. The summed E-state index contributed by atoms with van der Waals surface area (Å²) in [5, 5.41) is 2.76. The lowest BCUT2D eigenvalue weighted by Crippen LogP contribution is -2.17. The predicted molar refractivity (Wildman–Crippen MR) is 88.3 cm³/mol. The maximum Gasteiger partial charge on any atom is 0.188 e. The molecule has 2 aromatic heterocycles. The van der Waals surface area contributed by atoms with Gasteiger partial charge in [0, 0.05) is 35.5 Å². The van der Waals surface area contributed by atoms with Gasteiger partial charge in [0.15, 0.2) is 5.78 Å². The third-order valence-electron chi connectivity index (χ3n) is 3.65. The van der Waals surface area contributed by atoms with Gasteiger partial charge in [0.25, 0.3) is 0 Å². The average Bonchev–Trinajstić information content (AvgIpc) is 3.16. The number of aryl methyl sites for hydroxylation is 2. The highest BCUT2D eigenvalue weighted by Gasteiger charge is 2.17. The van der Waals surface area contributed by atoms with Gasteiger partial charge in [-0.3, -0.25) is 4.79 Å². The molecule has 6 heteroatoms. The van der Waals surface area contributed by atoms with Gasteiger partial charge in [-0.2, -0.15) is 0 Å². The van der Waals surface area contributed by atoms with E-state index in [1.807, 2.05) is 25.3 Å². The first-order valence-corrected chi connectivity index (χ1v) is 8.65. The number of rotatable bonds is 6. The minimum absolute atomic E-state index is 0.0370. The second kappa shape index (κ2) is 7.19. The number of ketones is 1. The first kappa shape index (κ1) is 16.1. The average molecular weight is 332 g/mol. The van der Waals surface area contributed by atoms with Crippen LogP contribution in [-0.2, 0) is 11.2 Å². The minimum atomic E-state index is -0.0370. The van der Waals surface area contributed by atoms with E-state index in [2.05, 4.69) is 9.97 Å². The number of ether oxygens (including phenoxy) is 2. The molecule has 0 spiro atoms. The van der Waals surface area contributed by atoms with Crippen LogP contribution in [0.1, 0.15) is 39.7 Å². The molecule has 1 unspecified atom stereocenters. The molecule has 0 saturated carbocycles. The van der Waals surface area contributed by atoms with Crippen molar-refractivity contribution >= 4 is 17.1 Å². The van der Waals surface area contributed by atoms with Crippen molar-refractivity contribution in [2.24, 2.45) is 0 Å². The van der Waals surface area contributed by atoms with Crippen LogP contribution in [0.4, 0.5) is 0 Å². The lowest BCUT2D eigenvalue weighted by Gasteiger charge is -2.12. The topological polar surface area (TPSA) is 61.3 Å². The fourth-order valence-corrected chi connectivity index (χ4v) is 3.31. The summed E-state index contributed by atoms with van der Waals surface area (Å²) < 4.78 is 11.3. The van der Waals surface area contributed by atoms with E-state index in [0.717, 1.165) is 35.8 Å². The zero-order valence-corrected chi connectivity index (χ0v) is 14.2. The molecule has 1 saturated heterocycles. The molecule has 5 nitrogen and oxygen atoms in total. The summed E-state index contributed by atoms with van der Waals surface area (Å²) >= 11 is 1.50. The van der Waals surface area contributed by atoms with E-state index >= 15 is 0 Å². The minimum Gasteiger partial charge on any atom is -0.491 e. The first-order chi connectivity index (χ1) is 11.1. The van der Waals surface area contributed by atoms with Crippen molar-refractivity contribution in [2.45, 2.75) is 39.2 Å². The number of Topliss-reactive ketones (excluding diaryl/α,β-unsaturated/α-hetero) is 1. The van der Waals surface area contributed by atoms with Crippen molar-refractivity contribution in [1.29, 1.82) is 0 Å². The second-order valence-electron chi connectivity index (χ2n) is 5.76. The largest absolute Gasteiger partial charge is 0.491 e. The molecule has 0 amide bonds. The summed E-state index contributed by atoms with van der Waals surface area (Å²) in [7, 11) is 0. The highest BCUT2D eigenvalue weighted by atomic mass is 32.1. The zero-order valence-electron chi connectivity index (χ0n) is 13.4. The molecule has 122 valence electrons. The fraction of sp³-hybridized carbons (Fsp3) is 0.471. The summed E-state index contributed by atoms with van der Waals surface area (Å²) in [6, 6.07) is 3.56. The Labute approximate surface area is 139 Å². The molecular weight excluding hydrogens is 312 g/mol. The van der Waals surface area contributed by atoms with Crippen molar-refractivity contribution in [3.05, 3.63) is 39.6 Å². The molecule has 0 bridgehead atoms. The Morgan fingerprint density at radius 1 is 1.35 bits per heavy atom. The Hall–Kier alpha value is -1.79. The van der Waals surface area contributed by atoms with Crippen LogP contribution in [-0.4, -0.2) is 35.1 Å². The van der Waals surface area contributed by atoms with Crippen LogP contribution in [0.3, 0.4) is 0 Å². The summed E-state index contributed by atoms with van der Waals surface area (Å²) in [5.41, 5.74) is 2.14. The van der Waals surface area contributed by atoms with Gasteiger partial charge in [0.2, 0.25) is 0 Å². The number of nitrogens with zero attached hydrogens (tertiary/aromatic N) is 2. The van der Waals surface area contributed by atoms with Crippen LogP contribution < -0.4 is 4.74 Å². The van der Waals surface area contributed by atoms with E-state index in [4.69, 9.17) is 9.47 Å². The molecular formula is C17H20N2O3S. The monoisotopic (exact) mass is 332 g/mol. The Kier molecular flexibility index (Phi) is 5.03. The molecule has 0 N–H and O–H groups in total. The van der Waals surface area contributed by atoms with Gasteiger partial charge in [-0.05, 0) is 26.7 Å². The fourth-order valence-electron chi connectivity index (χ4n) is 2.54. The van der Waals surface area contributed by atoms with Gasteiger partial charge < -0.3 is 9.47 Å². The van der Waals surface area contributed by atoms with E-state index < -0.39 is 0 Å². The number of hydrogen-bond donors (Lipinski definition) is 0. The van der Waals surface area contributed by atoms with Gasteiger partial charge in [0.1, 0.15) is 23.1 Å². The van der Waals surface area contributed by atoms with Crippen LogP contribution in [0, 0.1) is 13.8 Å². The Balaban J connectivity index is 1.67. The van der Waals surface area contributed by atoms with Gasteiger partial charge >= 0.3 is 0 Å². The summed E-state index contributed by atoms with van der Waals surface area (Å²) in [4.78, 5) is 21.1. The Morgan fingerprint density at radius 3 is 2.91 bits per heavy atom. The van der Waals surface area contributed by atoms with Crippen LogP contribution in [0.15, 0.2) is 17.5 Å². The molecule has 3 heterocycles. The number of hydrogen-bond acceptors (Lipinski definition) is 6. The van der Waals surface area contributed by atoms with Crippen LogP contribution in [0.25, 0.3) is 0 Å². The van der Waals surface area contributed by atoms with Crippen LogP contribution in [0.5, 0.6) is 5.75 Å². The van der Waals surface area contributed by atoms with Crippen molar-refractivity contribution in [3.8, 4) is 5.75 Å². The molecule has 3 rings (SSSR count). The third kappa shape index (κ3) is 4.36. The number of carbonyl (C=O) groups is 1. The Morgan fingerprint density at radius 2 is 2.22 bits per heavy atom. The lowest BCUT2D eigenvalue weighted by atomic mass is 10.2. The number of carbonyl (C=O) groups excluding carboxylic acids is 1. The maximum atomic E-state index is 12.4. The van der Waals surface area contributed by atoms with Crippen molar-refractivity contribution in [1.82, 2.24) is 9.97 Å².